The topological polar surface area (TPSA) is 98.6 Å². The van der Waals surface area contributed by atoms with Crippen molar-refractivity contribution >= 4 is 39.1 Å². The van der Waals surface area contributed by atoms with Crippen LogP contribution in [-0.4, -0.2) is 66.2 Å². The molecule has 4 rings (SSSR count). The number of sulfone groups is 1. The molecule has 3 heterocycles. The molecule has 10 heteroatoms. The van der Waals surface area contributed by atoms with Crippen LogP contribution in [0.2, 0.25) is 0 Å². The first-order chi connectivity index (χ1) is 15.8. The molecule has 0 bridgehead atoms. The molecule has 1 amide bonds. The lowest BCUT2D eigenvalue weighted by Crippen LogP contribution is -2.40. The minimum absolute atomic E-state index is 0.0556. The van der Waals surface area contributed by atoms with Gasteiger partial charge in [0.1, 0.15) is 5.69 Å². The Balaban J connectivity index is 1.42. The lowest BCUT2D eigenvalue weighted by molar-refractivity contribution is -0.148. The van der Waals surface area contributed by atoms with E-state index in [4.69, 9.17) is 4.74 Å². The minimum Gasteiger partial charge on any atom is -0.452 e. The summed E-state index contributed by atoms with van der Waals surface area (Å²) in [7, 11) is -1.57. The number of benzene rings is 1. The molecule has 0 radical (unpaired) electrons. The average Bonchev–Trinajstić information content (AvgIpc) is 3.55. The highest BCUT2D eigenvalue weighted by atomic mass is 32.2. The number of ether oxygens (including phenoxy) is 1. The normalized spacial score (nSPS) is 17.3. The van der Waals surface area contributed by atoms with Gasteiger partial charge in [0, 0.05) is 30.9 Å². The molecule has 0 N–H and O–H groups in total. The molecule has 8 nitrogen and oxygen atoms in total. The molecule has 1 atom stereocenters. The zero-order chi connectivity index (χ0) is 23.4. The molecule has 172 valence electrons. The fourth-order valence-electron chi connectivity index (χ4n) is 3.55. The molecule has 1 aliphatic rings. The van der Waals surface area contributed by atoms with Crippen molar-refractivity contribution in [1.82, 2.24) is 14.7 Å². The first-order valence-corrected chi connectivity index (χ1v) is 13.0. The SMILES string of the molecule is CN(C(=O)COC(=O)C=Cc1cn(-c2ccccc2)nc1-c1cccs1)C1CCS(=O)(=O)C1. The van der Waals surface area contributed by atoms with E-state index in [1.807, 2.05) is 54.0 Å². The van der Waals surface area contributed by atoms with E-state index in [-0.39, 0.29) is 17.5 Å². The summed E-state index contributed by atoms with van der Waals surface area (Å²) in [6.07, 6.45) is 5.10. The molecule has 1 saturated heterocycles. The van der Waals surface area contributed by atoms with Gasteiger partial charge in [0.05, 0.1) is 22.1 Å². The standard InChI is InChI=1S/C23H23N3O5S2/c1-25(19-11-13-33(29,30)16-19)21(27)15-31-22(28)10-9-17-14-26(18-6-3-2-4-7-18)24-23(17)20-8-5-12-32-20/h2-10,12,14,19H,11,13,15-16H2,1H3. The van der Waals surface area contributed by atoms with Crippen LogP contribution in [0.3, 0.4) is 0 Å². The quantitative estimate of drug-likeness (QED) is 0.377. The number of amides is 1. The number of carbonyl (C=O) groups is 2. The van der Waals surface area contributed by atoms with Gasteiger partial charge in [-0.3, -0.25) is 4.79 Å². The lowest BCUT2D eigenvalue weighted by Gasteiger charge is -2.22. The molecule has 1 aliphatic heterocycles. The molecular weight excluding hydrogens is 462 g/mol. The smallest absolute Gasteiger partial charge is 0.331 e. The third kappa shape index (κ3) is 5.58. The van der Waals surface area contributed by atoms with Crippen molar-refractivity contribution in [3.63, 3.8) is 0 Å². The van der Waals surface area contributed by atoms with Crippen molar-refractivity contribution in [1.29, 1.82) is 0 Å². The molecule has 3 aromatic rings. The molecular formula is C23H23N3O5S2. The number of hydrogen-bond donors (Lipinski definition) is 0. The molecule has 2 aromatic heterocycles. The molecule has 0 spiro atoms. The van der Waals surface area contributed by atoms with Crippen molar-refractivity contribution in [2.24, 2.45) is 0 Å². The van der Waals surface area contributed by atoms with Gasteiger partial charge in [-0.1, -0.05) is 24.3 Å². The third-order valence-corrected chi connectivity index (χ3v) is 8.03. The average molecular weight is 486 g/mol. The van der Waals surface area contributed by atoms with Crippen LogP contribution in [0.1, 0.15) is 12.0 Å². The maximum Gasteiger partial charge on any atom is 0.331 e. The highest BCUT2D eigenvalue weighted by Gasteiger charge is 2.32. The Kier molecular flexibility index (Phi) is 6.75. The minimum atomic E-state index is -3.11. The van der Waals surface area contributed by atoms with Crippen molar-refractivity contribution < 1.29 is 22.7 Å². The summed E-state index contributed by atoms with van der Waals surface area (Å²) < 4.78 is 30.1. The van der Waals surface area contributed by atoms with Gasteiger partial charge in [-0.2, -0.15) is 5.10 Å². The van der Waals surface area contributed by atoms with E-state index in [1.165, 1.54) is 18.0 Å². The number of hydrogen-bond acceptors (Lipinski definition) is 7. The third-order valence-electron chi connectivity index (χ3n) is 5.40. The Morgan fingerprint density at radius 3 is 2.70 bits per heavy atom. The van der Waals surface area contributed by atoms with Gasteiger partial charge in [-0.25, -0.2) is 17.9 Å². The van der Waals surface area contributed by atoms with E-state index in [0.29, 0.717) is 6.42 Å². The Hall–Kier alpha value is -3.24. The molecule has 33 heavy (non-hydrogen) atoms. The van der Waals surface area contributed by atoms with Gasteiger partial charge in [-0.05, 0) is 36.1 Å². The van der Waals surface area contributed by atoms with Crippen LogP contribution in [0, 0.1) is 0 Å². The van der Waals surface area contributed by atoms with E-state index in [9.17, 15) is 18.0 Å². The number of carbonyl (C=O) groups excluding carboxylic acids is 2. The zero-order valence-electron chi connectivity index (χ0n) is 18.0. The van der Waals surface area contributed by atoms with Gasteiger partial charge in [-0.15, -0.1) is 11.3 Å². The highest BCUT2D eigenvalue weighted by molar-refractivity contribution is 7.91. The number of para-hydroxylation sites is 1. The Labute approximate surface area is 196 Å². The van der Waals surface area contributed by atoms with Gasteiger partial charge in [0.15, 0.2) is 16.4 Å². The van der Waals surface area contributed by atoms with Crippen molar-refractivity contribution in [2.45, 2.75) is 12.5 Å². The zero-order valence-corrected chi connectivity index (χ0v) is 19.6. The van der Waals surface area contributed by atoms with Gasteiger partial charge in [0.2, 0.25) is 0 Å². The number of esters is 1. The van der Waals surface area contributed by atoms with Crippen molar-refractivity contribution in [3.05, 3.63) is 65.7 Å². The summed E-state index contributed by atoms with van der Waals surface area (Å²) in [5, 5.41) is 6.62. The van der Waals surface area contributed by atoms with E-state index in [1.54, 1.807) is 22.1 Å². The second-order valence-corrected chi connectivity index (χ2v) is 10.9. The molecule has 1 aromatic carbocycles. The summed E-state index contributed by atoms with van der Waals surface area (Å²) in [4.78, 5) is 26.9. The summed E-state index contributed by atoms with van der Waals surface area (Å²) in [5.41, 5.74) is 2.36. The van der Waals surface area contributed by atoms with Crippen LogP contribution < -0.4 is 0 Å². The van der Waals surface area contributed by atoms with Gasteiger partial charge in [0.25, 0.3) is 5.91 Å². The Bertz CT molecular complexity index is 1260. The molecule has 1 unspecified atom stereocenters. The number of nitrogens with zero attached hydrogens (tertiary/aromatic N) is 3. The predicted molar refractivity (Wildman–Crippen MR) is 127 cm³/mol. The number of thiophene rings is 1. The van der Waals surface area contributed by atoms with Crippen molar-refractivity contribution in [2.75, 3.05) is 25.2 Å². The van der Waals surface area contributed by atoms with E-state index in [2.05, 4.69) is 5.10 Å². The monoisotopic (exact) mass is 485 g/mol. The first-order valence-electron chi connectivity index (χ1n) is 10.3. The van der Waals surface area contributed by atoms with Crippen LogP contribution in [0.4, 0.5) is 0 Å². The van der Waals surface area contributed by atoms with Crippen LogP contribution >= 0.6 is 11.3 Å². The number of likely N-dealkylation sites (N-methyl/N-ethyl adjacent to an activating group) is 1. The Morgan fingerprint density at radius 1 is 1.24 bits per heavy atom. The van der Waals surface area contributed by atoms with Crippen LogP contribution in [-0.2, 0) is 24.2 Å². The molecule has 1 fully saturated rings. The second-order valence-electron chi connectivity index (χ2n) is 7.69. The number of rotatable bonds is 7. The second kappa shape index (κ2) is 9.72. The molecule has 0 aliphatic carbocycles. The largest absolute Gasteiger partial charge is 0.452 e. The summed E-state index contributed by atoms with van der Waals surface area (Å²) in [5.74, 6) is -1.09. The maximum atomic E-state index is 12.3. The van der Waals surface area contributed by atoms with E-state index in [0.717, 1.165) is 21.8 Å². The summed E-state index contributed by atoms with van der Waals surface area (Å²) in [6, 6.07) is 13.1. The van der Waals surface area contributed by atoms with E-state index >= 15 is 0 Å². The summed E-state index contributed by atoms with van der Waals surface area (Å²) >= 11 is 1.54. The van der Waals surface area contributed by atoms with Crippen molar-refractivity contribution in [3.8, 4) is 16.3 Å². The highest BCUT2D eigenvalue weighted by Crippen LogP contribution is 2.28. The lowest BCUT2D eigenvalue weighted by atomic mass is 10.2. The van der Waals surface area contributed by atoms with Crippen LogP contribution in [0.5, 0.6) is 0 Å². The van der Waals surface area contributed by atoms with Crippen LogP contribution in [0.15, 0.2) is 60.1 Å². The first kappa shape index (κ1) is 22.9. The van der Waals surface area contributed by atoms with Gasteiger partial charge < -0.3 is 9.64 Å². The number of aromatic nitrogens is 2. The maximum absolute atomic E-state index is 12.3. The Morgan fingerprint density at radius 2 is 2.03 bits per heavy atom. The summed E-state index contributed by atoms with van der Waals surface area (Å²) in [6.45, 7) is -0.447. The molecule has 0 saturated carbocycles. The fourth-order valence-corrected chi connectivity index (χ4v) is 6.06. The fraction of sp³-hybridized carbons (Fsp3) is 0.261. The van der Waals surface area contributed by atoms with Gasteiger partial charge >= 0.3 is 5.97 Å². The predicted octanol–water partition coefficient (Wildman–Crippen LogP) is 2.80. The van der Waals surface area contributed by atoms with Crippen LogP contribution in [0.25, 0.3) is 22.3 Å². The van der Waals surface area contributed by atoms with E-state index < -0.39 is 28.3 Å².